The minimum absolute atomic E-state index is 0.0815. The average molecular weight is 366 g/mol. The van der Waals surface area contributed by atoms with E-state index in [1.807, 2.05) is 49.4 Å². The molecule has 1 unspecified atom stereocenters. The molecular formula is C20H22N4O3. The van der Waals surface area contributed by atoms with Gasteiger partial charge in [-0.05, 0) is 18.6 Å². The van der Waals surface area contributed by atoms with Crippen LogP contribution in [0, 0.1) is 0 Å². The van der Waals surface area contributed by atoms with E-state index < -0.39 is 0 Å². The Balaban J connectivity index is 1.81. The SMILES string of the molecule is CCC(NC(=O)c1n[nH]c2ccccc12)c1ccccc1OCC(=O)NC. The highest BCUT2D eigenvalue weighted by atomic mass is 16.5. The summed E-state index contributed by atoms with van der Waals surface area (Å²) in [6.07, 6.45) is 0.661. The molecule has 27 heavy (non-hydrogen) atoms. The molecule has 0 bridgehead atoms. The minimum atomic E-state index is -0.270. The summed E-state index contributed by atoms with van der Waals surface area (Å²) in [5.41, 5.74) is 1.98. The maximum atomic E-state index is 12.8. The number of H-pyrrole nitrogens is 1. The molecule has 2 aromatic carbocycles. The molecule has 0 aliphatic heterocycles. The number of hydrogen-bond donors (Lipinski definition) is 3. The molecular weight excluding hydrogens is 344 g/mol. The predicted octanol–water partition coefficient (Wildman–Crippen LogP) is 2.57. The zero-order valence-corrected chi connectivity index (χ0v) is 15.3. The second-order valence-corrected chi connectivity index (χ2v) is 6.05. The molecule has 2 amide bonds. The van der Waals surface area contributed by atoms with Gasteiger partial charge in [-0.25, -0.2) is 0 Å². The molecule has 0 saturated heterocycles. The lowest BCUT2D eigenvalue weighted by molar-refractivity contribution is -0.122. The van der Waals surface area contributed by atoms with Crippen molar-refractivity contribution in [2.75, 3.05) is 13.7 Å². The molecule has 0 aliphatic rings. The van der Waals surface area contributed by atoms with E-state index in [1.165, 1.54) is 0 Å². The Labute approximate surface area is 157 Å². The van der Waals surface area contributed by atoms with E-state index >= 15 is 0 Å². The summed E-state index contributed by atoms with van der Waals surface area (Å²) in [5, 5.41) is 13.3. The van der Waals surface area contributed by atoms with Gasteiger partial charge in [0.05, 0.1) is 11.6 Å². The van der Waals surface area contributed by atoms with Crippen LogP contribution in [0.2, 0.25) is 0 Å². The number of para-hydroxylation sites is 2. The van der Waals surface area contributed by atoms with Gasteiger partial charge in [-0.3, -0.25) is 14.7 Å². The number of likely N-dealkylation sites (N-methyl/N-ethyl adjacent to an activating group) is 1. The van der Waals surface area contributed by atoms with Crippen LogP contribution in [0.3, 0.4) is 0 Å². The molecule has 0 aliphatic carbocycles. The van der Waals surface area contributed by atoms with Crippen molar-refractivity contribution in [3.63, 3.8) is 0 Å². The van der Waals surface area contributed by atoms with E-state index in [9.17, 15) is 9.59 Å². The van der Waals surface area contributed by atoms with Gasteiger partial charge in [-0.1, -0.05) is 43.3 Å². The Morgan fingerprint density at radius 3 is 2.67 bits per heavy atom. The Bertz CT molecular complexity index is 951. The fraction of sp³-hybridized carbons (Fsp3) is 0.250. The molecule has 7 nitrogen and oxygen atoms in total. The van der Waals surface area contributed by atoms with Gasteiger partial charge in [0.2, 0.25) is 0 Å². The van der Waals surface area contributed by atoms with Crippen molar-refractivity contribution in [2.45, 2.75) is 19.4 Å². The Morgan fingerprint density at radius 1 is 1.15 bits per heavy atom. The number of carbonyl (C=O) groups is 2. The molecule has 7 heteroatoms. The van der Waals surface area contributed by atoms with E-state index in [0.29, 0.717) is 17.9 Å². The van der Waals surface area contributed by atoms with Crippen LogP contribution >= 0.6 is 0 Å². The summed E-state index contributed by atoms with van der Waals surface area (Å²) in [5.74, 6) is 0.0884. The van der Waals surface area contributed by atoms with Crippen LogP contribution < -0.4 is 15.4 Å². The first kappa shape index (κ1) is 18.4. The number of rotatable bonds is 7. The third kappa shape index (κ3) is 4.08. The molecule has 0 saturated carbocycles. The lowest BCUT2D eigenvalue weighted by Crippen LogP contribution is -2.29. The predicted molar refractivity (Wildman–Crippen MR) is 103 cm³/mol. The second kappa shape index (κ2) is 8.35. The van der Waals surface area contributed by atoms with Crippen LogP contribution in [0.25, 0.3) is 10.9 Å². The largest absolute Gasteiger partial charge is 0.483 e. The molecule has 140 valence electrons. The number of fused-ring (bicyclic) bond motifs is 1. The van der Waals surface area contributed by atoms with E-state index in [4.69, 9.17) is 4.74 Å². The van der Waals surface area contributed by atoms with E-state index in [2.05, 4.69) is 20.8 Å². The number of aromatic amines is 1. The topological polar surface area (TPSA) is 96.1 Å². The van der Waals surface area contributed by atoms with Gasteiger partial charge in [-0.2, -0.15) is 5.10 Å². The fourth-order valence-electron chi connectivity index (χ4n) is 2.88. The number of nitrogens with one attached hydrogen (secondary N) is 3. The van der Waals surface area contributed by atoms with Gasteiger partial charge in [0.15, 0.2) is 12.3 Å². The van der Waals surface area contributed by atoms with Gasteiger partial charge < -0.3 is 15.4 Å². The van der Waals surface area contributed by atoms with Gasteiger partial charge in [0.1, 0.15) is 5.75 Å². The molecule has 0 fully saturated rings. The summed E-state index contributed by atoms with van der Waals surface area (Å²) in [4.78, 5) is 24.3. The van der Waals surface area contributed by atoms with Crippen LogP contribution in [-0.2, 0) is 4.79 Å². The highest BCUT2D eigenvalue weighted by Gasteiger charge is 2.21. The smallest absolute Gasteiger partial charge is 0.272 e. The third-order valence-electron chi connectivity index (χ3n) is 4.33. The van der Waals surface area contributed by atoms with Crippen LogP contribution in [-0.4, -0.2) is 35.7 Å². The van der Waals surface area contributed by atoms with Crippen LogP contribution in [0.1, 0.15) is 35.4 Å². The van der Waals surface area contributed by atoms with Gasteiger partial charge in [-0.15, -0.1) is 0 Å². The number of hydrogen-bond acceptors (Lipinski definition) is 4. The molecule has 1 aromatic heterocycles. The fourth-order valence-corrected chi connectivity index (χ4v) is 2.88. The first-order valence-electron chi connectivity index (χ1n) is 8.80. The Morgan fingerprint density at radius 2 is 1.89 bits per heavy atom. The monoisotopic (exact) mass is 366 g/mol. The number of amides is 2. The zero-order valence-electron chi connectivity index (χ0n) is 15.3. The maximum Gasteiger partial charge on any atom is 0.272 e. The summed E-state index contributed by atoms with van der Waals surface area (Å²) < 4.78 is 5.63. The highest BCUT2D eigenvalue weighted by molar-refractivity contribution is 6.04. The summed E-state index contributed by atoms with van der Waals surface area (Å²) >= 11 is 0. The molecule has 0 radical (unpaired) electrons. The lowest BCUT2D eigenvalue weighted by Gasteiger charge is -2.20. The first-order valence-corrected chi connectivity index (χ1v) is 8.80. The minimum Gasteiger partial charge on any atom is -0.483 e. The molecule has 0 spiro atoms. The number of nitrogens with zero attached hydrogens (tertiary/aromatic N) is 1. The maximum absolute atomic E-state index is 12.8. The summed E-state index contributed by atoms with van der Waals surface area (Å²) in [6.45, 7) is 1.89. The van der Waals surface area contributed by atoms with Crippen LogP contribution in [0.4, 0.5) is 0 Å². The number of carbonyl (C=O) groups excluding carboxylic acids is 2. The van der Waals surface area contributed by atoms with Crippen molar-refractivity contribution in [3.05, 3.63) is 59.8 Å². The number of ether oxygens (including phenoxy) is 1. The van der Waals surface area contributed by atoms with Crippen molar-refractivity contribution in [2.24, 2.45) is 0 Å². The standard InChI is InChI=1S/C20H22N4O3/c1-3-15(13-8-5-7-11-17(13)27-12-18(25)21-2)22-20(26)19-14-9-4-6-10-16(14)23-24-19/h4-11,15H,3,12H2,1-2H3,(H,21,25)(H,22,26)(H,23,24). The van der Waals surface area contributed by atoms with E-state index in [0.717, 1.165) is 16.5 Å². The first-order chi connectivity index (χ1) is 13.1. The second-order valence-electron chi connectivity index (χ2n) is 6.05. The third-order valence-corrected chi connectivity index (χ3v) is 4.33. The molecule has 3 N–H and O–H groups in total. The zero-order chi connectivity index (χ0) is 19.2. The lowest BCUT2D eigenvalue weighted by atomic mass is 10.0. The molecule has 1 atom stereocenters. The number of benzene rings is 2. The molecule has 3 aromatic rings. The van der Waals surface area contributed by atoms with Crippen molar-refractivity contribution >= 4 is 22.7 Å². The van der Waals surface area contributed by atoms with E-state index in [1.54, 1.807) is 13.1 Å². The van der Waals surface area contributed by atoms with E-state index in [-0.39, 0.29) is 24.5 Å². The van der Waals surface area contributed by atoms with Gasteiger partial charge >= 0.3 is 0 Å². The normalized spacial score (nSPS) is 11.8. The molecule has 1 heterocycles. The quantitative estimate of drug-likeness (QED) is 0.599. The van der Waals surface area contributed by atoms with Gasteiger partial charge in [0.25, 0.3) is 11.8 Å². The van der Waals surface area contributed by atoms with Crippen molar-refractivity contribution in [3.8, 4) is 5.75 Å². The molecule has 3 rings (SSSR count). The average Bonchev–Trinajstić information content (AvgIpc) is 3.14. The Hall–Kier alpha value is -3.35. The van der Waals surface area contributed by atoms with Crippen molar-refractivity contribution in [1.29, 1.82) is 0 Å². The number of aromatic nitrogens is 2. The van der Waals surface area contributed by atoms with Crippen molar-refractivity contribution < 1.29 is 14.3 Å². The van der Waals surface area contributed by atoms with Gasteiger partial charge in [0, 0.05) is 18.0 Å². The summed E-state index contributed by atoms with van der Waals surface area (Å²) in [7, 11) is 1.56. The summed E-state index contributed by atoms with van der Waals surface area (Å²) in [6, 6.07) is 14.6. The highest BCUT2D eigenvalue weighted by Crippen LogP contribution is 2.28. The van der Waals surface area contributed by atoms with Crippen molar-refractivity contribution in [1.82, 2.24) is 20.8 Å². The van der Waals surface area contributed by atoms with Crippen LogP contribution in [0.5, 0.6) is 5.75 Å². The Kier molecular flexibility index (Phi) is 5.71. The van der Waals surface area contributed by atoms with Crippen LogP contribution in [0.15, 0.2) is 48.5 Å².